The van der Waals surface area contributed by atoms with E-state index in [-0.39, 0.29) is 26.8 Å². The zero-order valence-corrected chi connectivity index (χ0v) is 19.0. The van der Waals surface area contributed by atoms with Gasteiger partial charge in [0.2, 0.25) is 11.9 Å². The summed E-state index contributed by atoms with van der Waals surface area (Å²) in [6.07, 6.45) is -3.80. The monoisotopic (exact) mass is 529 g/mol. The second kappa shape index (κ2) is 9.20. The number of aromatic nitrogens is 4. The van der Waals surface area contributed by atoms with Crippen molar-refractivity contribution >= 4 is 50.2 Å². The van der Waals surface area contributed by atoms with Crippen molar-refractivity contribution in [3.05, 3.63) is 76.7 Å². The standard InChI is InChI=1S/C20H12Cl2F3N5O3S/c21-12-5-1-7-14(15(12)22)34(31,32)30-18-19(29-17-13(28-18)6-3-9-27-17)33-16(20(23,24)25)11-4-2-8-26-10-11/h1-10,16H,(H,28,30). The molecule has 0 radical (unpaired) electrons. The van der Waals surface area contributed by atoms with Crippen LogP contribution in [0.3, 0.4) is 0 Å². The summed E-state index contributed by atoms with van der Waals surface area (Å²) in [4.78, 5) is 15.2. The number of halogens is 5. The molecule has 34 heavy (non-hydrogen) atoms. The van der Waals surface area contributed by atoms with Gasteiger partial charge in [0, 0.05) is 24.2 Å². The maximum Gasteiger partial charge on any atom is 0.429 e. The third-order valence-corrected chi connectivity index (χ3v) is 6.67. The Bertz CT molecular complexity index is 1460. The highest BCUT2D eigenvalue weighted by atomic mass is 35.5. The summed E-state index contributed by atoms with van der Waals surface area (Å²) in [6, 6.07) is 9.30. The largest absolute Gasteiger partial charge is 0.457 e. The smallest absolute Gasteiger partial charge is 0.429 e. The number of alkyl halides is 3. The molecular weight excluding hydrogens is 518 g/mol. The fourth-order valence-electron chi connectivity index (χ4n) is 2.87. The summed E-state index contributed by atoms with van der Waals surface area (Å²) in [7, 11) is -4.46. The van der Waals surface area contributed by atoms with Gasteiger partial charge < -0.3 is 4.74 Å². The molecule has 8 nitrogen and oxygen atoms in total. The molecule has 0 aliphatic rings. The first-order valence-electron chi connectivity index (χ1n) is 9.29. The quantitative estimate of drug-likeness (QED) is 0.365. The average Bonchev–Trinajstić information content (AvgIpc) is 2.78. The second-order valence-corrected chi connectivity index (χ2v) is 9.14. The highest BCUT2D eigenvalue weighted by molar-refractivity contribution is 7.92. The molecule has 3 heterocycles. The summed E-state index contributed by atoms with van der Waals surface area (Å²) < 4.78 is 74.8. The van der Waals surface area contributed by atoms with E-state index in [1.54, 1.807) is 0 Å². The number of anilines is 1. The number of fused-ring (bicyclic) bond motifs is 1. The lowest BCUT2D eigenvalue weighted by Crippen LogP contribution is -2.27. The van der Waals surface area contributed by atoms with E-state index in [0.29, 0.717) is 0 Å². The number of benzene rings is 1. The van der Waals surface area contributed by atoms with Crippen LogP contribution in [0.5, 0.6) is 5.88 Å². The van der Waals surface area contributed by atoms with Crippen molar-refractivity contribution in [3.8, 4) is 5.88 Å². The minimum Gasteiger partial charge on any atom is -0.457 e. The molecule has 0 aliphatic heterocycles. The van der Waals surface area contributed by atoms with Crippen LogP contribution in [-0.2, 0) is 10.0 Å². The Morgan fingerprint density at radius 2 is 1.76 bits per heavy atom. The SMILES string of the molecule is O=S(=O)(Nc1nc2cccnc2nc1OC(c1cccnc1)C(F)(F)F)c1cccc(Cl)c1Cl. The first-order chi connectivity index (χ1) is 16.1. The lowest BCUT2D eigenvalue weighted by molar-refractivity contribution is -0.198. The lowest BCUT2D eigenvalue weighted by atomic mass is 10.1. The van der Waals surface area contributed by atoms with Gasteiger partial charge >= 0.3 is 6.18 Å². The summed E-state index contributed by atoms with van der Waals surface area (Å²) in [6.45, 7) is 0. The molecule has 0 saturated heterocycles. The molecule has 1 unspecified atom stereocenters. The first kappa shape index (κ1) is 23.9. The maximum atomic E-state index is 13.8. The molecule has 0 amide bonds. The third kappa shape index (κ3) is 4.98. The molecule has 4 rings (SSSR count). The Kier molecular flexibility index (Phi) is 6.47. The molecule has 1 atom stereocenters. The molecule has 176 valence electrons. The second-order valence-electron chi connectivity index (χ2n) is 6.71. The van der Waals surface area contributed by atoms with Crippen molar-refractivity contribution in [1.29, 1.82) is 0 Å². The Balaban J connectivity index is 1.83. The van der Waals surface area contributed by atoms with Gasteiger partial charge in [-0.1, -0.05) is 35.3 Å². The minimum atomic E-state index is -4.89. The van der Waals surface area contributed by atoms with E-state index in [2.05, 4.69) is 24.7 Å². The van der Waals surface area contributed by atoms with E-state index in [4.69, 9.17) is 27.9 Å². The predicted octanol–water partition coefficient (Wildman–Crippen LogP) is 5.21. The van der Waals surface area contributed by atoms with Crippen molar-refractivity contribution < 1.29 is 26.3 Å². The van der Waals surface area contributed by atoms with Crippen LogP contribution in [0.2, 0.25) is 10.0 Å². The molecule has 0 spiro atoms. The summed E-state index contributed by atoms with van der Waals surface area (Å²) in [5.74, 6) is -1.35. The van der Waals surface area contributed by atoms with Gasteiger partial charge in [-0.25, -0.2) is 18.4 Å². The van der Waals surface area contributed by atoms with Crippen LogP contribution < -0.4 is 9.46 Å². The summed E-state index contributed by atoms with van der Waals surface area (Å²) in [5, 5.41) is -0.318. The predicted molar refractivity (Wildman–Crippen MR) is 118 cm³/mol. The number of hydrogen-bond donors (Lipinski definition) is 1. The highest BCUT2D eigenvalue weighted by Gasteiger charge is 2.44. The van der Waals surface area contributed by atoms with Gasteiger partial charge in [-0.3, -0.25) is 9.71 Å². The fourth-order valence-corrected chi connectivity index (χ4v) is 4.63. The van der Waals surface area contributed by atoms with E-state index >= 15 is 0 Å². The van der Waals surface area contributed by atoms with Crippen molar-refractivity contribution in [1.82, 2.24) is 19.9 Å². The van der Waals surface area contributed by atoms with E-state index in [1.807, 2.05) is 0 Å². The first-order valence-corrected chi connectivity index (χ1v) is 11.5. The van der Waals surface area contributed by atoms with Gasteiger partial charge in [0.05, 0.1) is 10.0 Å². The van der Waals surface area contributed by atoms with Gasteiger partial charge in [0.15, 0.2) is 5.65 Å². The number of hydrogen-bond acceptors (Lipinski definition) is 7. The molecule has 1 aromatic carbocycles. The minimum absolute atomic E-state index is 0.0384. The number of sulfonamides is 1. The van der Waals surface area contributed by atoms with Crippen LogP contribution in [0.15, 0.2) is 66.0 Å². The molecule has 0 aliphatic carbocycles. The topological polar surface area (TPSA) is 107 Å². The van der Waals surface area contributed by atoms with Gasteiger partial charge in [0.25, 0.3) is 15.9 Å². The van der Waals surface area contributed by atoms with E-state index in [9.17, 15) is 21.6 Å². The summed E-state index contributed by atoms with van der Waals surface area (Å²) in [5.41, 5.74) is -0.285. The Hall–Kier alpha value is -3.22. The van der Waals surface area contributed by atoms with Crippen LogP contribution in [-0.4, -0.2) is 34.5 Å². The molecule has 0 bridgehead atoms. The third-order valence-electron chi connectivity index (χ3n) is 4.36. The number of ether oxygens (including phenoxy) is 1. The van der Waals surface area contributed by atoms with E-state index in [1.165, 1.54) is 48.8 Å². The van der Waals surface area contributed by atoms with Crippen LogP contribution in [0, 0.1) is 0 Å². The summed E-state index contributed by atoms with van der Waals surface area (Å²) >= 11 is 11.9. The molecule has 1 N–H and O–H groups in total. The van der Waals surface area contributed by atoms with E-state index in [0.717, 1.165) is 12.3 Å². The Morgan fingerprint density at radius 3 is 2.47 bits per heavy atom. The molecule has 14 heteroatoms. The van der Waals surface area contributed by atoms with E-state index < -0.39 is 38.9 Å². The average molecular weight is 530 g/mol. The van der Waals surface area contributed by atoms with Crippen molar-refractivity contribution in [2.24, 2.45) is 0 Å². The zero-order valence-electron chi connectivity index (χ0n) is 16.7. The molecule has 0 saturated carbocycles. The number of nitrogens with zero attached hydrogens (tertiary/aromatic N) is 4. The maximum absolute atomic E-state index is 13.8. The van der Waals surface area contributed by atoms with Gasteiger partial charge in [-0.2, -0.15) is 18.2 Å². The van der Waals surface area contributed by atoms with Crippen molar-refractivity contribution in [2.75, 3.05) is 4.72 Å². The number of rotatable bonds is 6. The van der Waals surface area contributed by atoms with Gasteiger partial charge in [-0.15, -0.1) is 0 Å². The molecular formula is C20H12Cl2F3N5O3S. The Labute approximate surface area is 200 Å². The number of nitrogens with one attached hydrogen (secondary N) is 1. The lowest BCUT2D eigenvalue weighted by Gasteiger charge is -2.22. The van der Waals surface area contributed by atoms with Crippen LogP contribution in [0.1, 0.15) is 11.7 Å². The normalized spacial score (nSPS) is 13.0. The van der Waals surface area contributed by atoms with Crippen molar-refractivity contribution in [3.63, 3.8) is 0 Å². The molecule has 4 aromatic rings. The Morgan fingerprint density at radius 1 is 1.00 bits per heavy atom. The number of pyridine rings is 2. The van der Waals surface area contributed by atoms with Crippen LogP contribution in [0.25, 0.3) is 11.2 Å². The van der Waals surface area contributed by atoms with Crippen molar-refractivity contribution in [2.45, 2.75) is 17.2 Å². The molecule has 0 fully saturated rings. The van der Waals surface area contributed by atoms with Gasteiger partial charge in [-0.05, 0) is 30.3 Å². The van der Waals surface area contributed by atoms with Crippen LogP contribution in [0.4, 0.5) is 19.0 Å². The zero-order chi connectivity index (χ0) is 24.5. The highest BCUT2D eigenvalue weighted by Crippen LogP contribution is 2.39. The molecule has 3 aromatic heterocycles. The van der Waals surface area contributed by atoms with Crippen LogP contribution >= 0.6 is 23.2 Å². The fraction of sp³-hybridized carbons (Fsp3) is 0.100. The van der Waals surface area contributed by atoms with Gasteiger partial charge in [0.1, 0.15) is 10.4 Å².